The molecule has 1 saturated carbocycles. The molecular formula is C17H26N2S. The Morgan fingerprint density at radius 2 is 1.90 bits per heavy atom. The Bertz CT molecular complexity index is 432. The first-order valence-corrected chi connectivity index (χ1v) is 8.08. The standard InChI is InChI=1S/C17H26N2S/c1-13-8-9-16(12-14(13)2)19(11-10-17(18)20)15-6-4-3-5-7-15/h3-7,13-14,16H,8-12H2,1-2H3,(H2,18,20). The molecule has 1 aromatic carbocycles. The molecule has 1 aliphatic rings. The maximum Gasteiger partial charge on any atom is 0.0745 e. The zero-order valence-corrected chi connectivity index (χ0v) is 13.4. The molecule has 2 rings (SSSR count). The van der Waals surface area contributed by atoms with Crippen molar-refractivity contribution in [1.82, 2.24) is 0 Å². The van der Waals surface area contributed by atoms with Gasteiger partial charge in [0.2, 0.25) is 0 Å². The van der Waals surface area contributed by atoms with Crippen molar-refractivity contribution >= 4 is 22.9 Å². The van der Waals surface area contributed by atoms with Crippen LogP contribution in [0.2, 0.25) is 0 Å². The van der Waals surface area contributed by atoms with Gasteiger partial charge in [-0.25, -0.2) is 0 Å². The second kappa shape index (κ2) is 7.07. The van der Waals surface area contributed by atoms with Gasteiger partial charge in [-0.2, -0.15) is 0 Å². The van der Waals surface area contributed by atoms with E-state index >= 15 is 0 Å². The minimum Gasteiger partial charge on any atom is -0.393 e. The molecule has 1 aromatic rings. The highest BCUT2D eigenvalue weighted by Gasteiger charge is 2.28. The average Bonchev–Trinajstić information content (AvgIpc) is 2.44. The molecule has 3 unspecified atom stereocenters. The summed E-state index contributed by atoms with van der Waals surface area (Å²) in [6, 6.07) is 11.3. The lowest BCUT2D eigenvalue weighted by molar-refractivity contribution is 0.244. The number of nitrogens with two attached hydrogens (primary N) is 1. The van der Waals surface area contributed by atoms with E-state index in [2.05, 4.69) is 49.1 Å². The smallest absolute Gasteiger partial charge is 0.0745 e. The van der Waals surface area contributed by atoms with Crippen LogP contribution in [0, 0.1) is 11.8 Å². The molecule has 1 aliphatic carbocycles. The van der Waals surface area contributed by atoms with Crippen LogP contribution in [-0.4, -0.2) is 17.6 Å². The number of thiocarbonyl (C=S) groups is 1. The van der Waals surface area contributed by atoms with Gasteiger partial charge in [0.05, 0.1) is 4.99 Å². The molecule has 0 saturated heterocycles. The van der Waals surface area contributed by atoms with Gasteiger partial charge < -0.3 is 10.6 Å². The van der Waals surface area contributed by atoms with E-state index in [0.29, 0.717) is 11.0 Å². The lowest BCUT2D eigenvalue weighted by Gasteiger charge is -2.40. The Morgan fingerprint density at radius 3 is 2.50 bits per heavy atom. The van der Waals surface area contributed by atoms with Crippen LogP contribution >= 0.6 is 12.2 Å². The van der Waals surface area contributed by atoms with Crippen LogP contribution in [-0.2, 0) is 0 Å². The van der Waals surface area contributed by atoms with E-state index in [0.717, 1.165) is 24.8 Å². The molecule has 20 heavy (non-hydrogen) atoms. The summed E-state index contributed by atoms with van der Waals surface area (Å²) in [5.41, 5.74) is 7.00. The summed E-state index contributed by atoms with van der Waals surface area (Å²) in [6.45, 7) is 5.70. The highest BCUT2D eigenvalue weighted by molar-refractivity contribution is 7.80. The molecule has 0 amide bonds. The van der Waals surface area contributed by atoms with Crippen LogP contribution in [0.25, 0.3) is 0 Å². The lowest BCUT2D eigenvalue weighted by atomic mass is 9.78. The Morgan fingerprint density at radius 1 is 1.20 bits per heavy atom. The third kappa shape index (κ3) is 3.95. The first-order chi connectivity index (χ1) is 9.58. The Labute approximate surface area is 128 Å². The zero-order valence-electron chi connectivity index (χ0n) is 12.6. The van der Waals surface area contributed by atoms with E-state index in [9.17, 15) is 0 Å². The molecule has 0 bridgehead atoms. The lowest BCUT2D eigenvalue weighted by Crippen LogP contribution is -2.41. The number of para-hydroxylation sites is 1. The Kier molecular flexibility index (Phi) is 5.41. The van der Waals surface area contributed by atoms with Crippen molar-refractivity contribution in [1.29, 1.82) is 0 Å². The van der Waals surface area contributed by atoms with Crippen LogP contribution in [0.3, 0.4) is 0 Å². The Balaban J connectivity index is 2.12. The first kappa shape index (κ1) is 15.3. The van der Waals surface area contributed by atoms with Crippen LogP contribution in [0.1, 0.15) is 39.5 Å². The van der Waals surface area contributed by atoms with Crippen LogP contribution < -0.4 is 10.6 Å². The van der Waals surface area contributed by atoms with Crippen molar-refractivity contribution in [3.05, 3.63) is 30.3 Å². The normalized spacial score (nSPS) is 26.2. The molecule has 0 spiro atoms. The Hall–Kier alpha value is -1.09. The van der Waals surface area contributed by atoms with Gasteiger partial charge in [0.1, 0.15) is 0 Å². The van der Waals surface area contributed by atoms with Crippen molar-refractivity contribution in [2.45, 2.75) is 45.6 Å². The minimum absolute atomic E-state index is 0.614. The monoisotopic (exact) mass is 290 g/mol. The number of benzene rings is 1. The maximum absolute atomic E-state index is 5.70. The molecule has 3 atom stereocenters. The molecule has 2 nitrogen and oxygen atoms in total. The fourth-order valence-electron chi connectivity index (χ4n) is 3.17. The highest BCUT2D eigenvalue weighted by atomic mass is 32.1. The topological polar surface area (TPSA) is 29.3 Å². The van der Waals surface area contributed by atoms with Crippen LogP contribution in [0.5, 0.6) is 0 Å². The van der Waals surface area contributed by atoms with E-state index in [4.69, 9.17) is 18.0 Å². The number of nitrogens with zero attached hydrogens (tertiary/aromatic N) is 1. The van der Waals surface area contributed by atoms with Crippen molar-refractivity contribution < 1.29 is 0 Å². The summed E-state index contributed by atoms with van der Waals surface area (Å²) in [5.74, 6) is 1.64. The van der Waals surface area contributed by atoms with Gasteiger partial charge in [-0.1, -0.05) is 44.3 Å². The van der Waals surface area contributed by atoms with Gasteiger partial charge in [0, 0.05) is 24.7 Å². The number of hydrogen-bond donors (Lipinski definition) is 1. The third-order valence-corrected chi connectivity index (χ3v) is 4.90. The van der Waals surface area contributed by atoms with Gasteiger partial charge in [-0.15, -0.1) is 0 Å². The van der Waals surface area contributed by atoms with Gasteiger partial charge in [-0.05, 0) is 43.2 Å². The quantitative estimate of drug-likeness (QED) is 0.831. The van der Waals surface area contributed by atoms with E-state index in [1.807, 2.05) is 0 Å². The van der Waals surface area contributed by atoms with Crippen molar-refractivity contribution in [3.63, 3.8) is 0 Å². The van der Waals surface area contributed by atoms with Gasteiger partial charge in [0.15, 0.2) is 0 Å². The second-order valence-corrected chi connectivity index (χ2v) is 6.69. The molecule has 0 aromatic heterocycles. The summed E-state index contributed by atoms with van der Waals surface area (Å²) in [4.78, 5) is 3.13. The number of rotatable bonds is 5. The fraction of sp³-hybridized carbons (Fsp3) is 0.588. The molecular weight excluding hydrogens is 264 g/mol. The molecule has 110 valence electrons. The summed E-state index contributed by atoms with van der Waals surface area (Å²) >= 11 is 5.06. The molecule has 2 N–H and O–H groups in total. The molecule has 0 aliphatic heterocycles. The maximum atomic E-state index is 5.70. The van der Waals surface area contributed by atoms with Crippen molar-refractivity contribution in [2.75, 3.05) is 11.4 Å². The summed E-state index contributed by atoms with van der Waals surface area (Å²) in [6.07, 6.45) is 4.66. The van der Waals surface area contributed by atoms with E-state index in [1.165, 1.54) is 24.9 Å². The fourth-order valence-corrected chi connectivity index (χ4v) is 3.27. The van der Waals surface area contributed by atoms with Crippen molar-refractivity contribution in [2.24, 2.45) is 17.6 Å². The SMILES string of the molecule is CC1CCC(N(CCC(N)=S)c2ccccc2)CC1C. The predicted octanol–water partition coefficient (Wildman–Crippen LogP) is 3.99. The molecule has 0 heterocycles. The van der Waals surface area contributed by atoms with Gasteiger partial charge >= 0.3 is 0 Å². The minimum atomic E-state index is 0.614. The largest absolute Gasteiger partial charge is 0.393 e. The summed E-state index contributed by atoms with van der Waals surface area (Å²) < 4.78 is 0. The highest BCUT2D eigenvalue weighted by Crippen LogP contribution is 2.34. The summed E-state index contributed by atoms with van der Waals surface area (Å²) in [5, 5.41) is 0. The first-order valence-electron chi connectivity index (χ1n) is 7.68. The number of hydrogen-bond acceptors (Lipinski definition) is 2. The van der Waals surface area contributed by atoms with Crippen LogP contribution in [0.4, 0.5) is 5.69 Å². The predicted molar refractivity (Wildman–Crippen MR) is 91.2 cm³/mol. The second-order valence-electron chi connectivity index (χ2n) is 6.17. The summed E-state index contributed by atoms with van der Waals surface area (Å²) in [7, 11) is 0. The van der Waals surface area contributed by atoms with Crippen molar-refractivity contribution in [3.8, 4) is 0 Å². The average molecular weight is 290 g/mol. The molecule has 1 fully saturated rings. The van der Waals surface area contributed by atoms with E-state index in [-0.39, 0.29) is 0 Å². The van der Waals surface area contributed by atoms with E-state index in [1.54, 1.807) is 0 Å². The number of anilines is 1. The van der Waals surface area contributed by atoms with E-state index < -0.39 is 0 Å². The van der Waals surface area contributed by atoms with Crippen LogP contribution in [0.15, 0.2) is 30.3 Å². The van der Waals surface area contributed by atoms with Gasteiger partial charge in [0.25, 0.3) is 0 Å². The molecule has 0 radical (unpaired) electrons. The molecule has 3 heteroatoms. The zero-order chi connectivity index (χ0) is 14.5. The third-order valence-electron chi connectivity index (χ3n) is 4.70. The van der Waals surface area contributed by atoms with Gasteiger partial charge in [-0.3, -0.25) is 0 Å².